The van der Waals surface area contributed by atoms with E-state index in [1.165, 1.54) is 0 Å². The lowest BCUT2D eigenvalue weighted by Crippen LogP contribution is -1.91. The van der Waals surface area contributed by atoms with Crippen molar-refractivity contribution < 1.29 is 16.8 Å². The minimum absolute atomic E-state index is 0.0643. The Bertz CT molecular complexity index is 2940. The number of fused-ring (bicyclic) bond motifs is 5. The van der Waals surface area contributed by atoms with Crippen molar-refractivity contribution in [2.75, 3.05) is 0 Å². The van der Waals surface area contributed by atoms with Crippen molar-refractivity contribution in [3.05, 3.63) is 170 Å². The molecule has 45 heavy (non-hydrogen) atoms. The molecule has 9 aromatic rings. The molecule has 1 heteroatoms. The van der Waals surface area contributed by atoms with E-state index in [0.717, 1.165) is 65.7 Å². The summed E-state index contributed by atoms with van der Waals surface area (Å²) in [6.07, 6.45) is 0. The second-order valence-electron chi connectivity index (χ2n) is 11.0. The van der Waals surface area contributed by atoms with Gasteiger partial charge >= 0.3 is 0 Å². The molecular weight excluding hydrogens is 544 g/mol. The zero-order valence-electron chi connectivity index (χ0n) is 32.9. The zero-order valence-corrected chi connectivity index (χ0v) is 23.9. The first-order chi connectivity index (χ1) is 26.1. The summed E-state index contributed by atoms with van der Waals surface area (Å²) in [6.45, 7) is 0. The molecule has 0 saturated carbocycles. The third kappa shape index (κ3) is 4.24. The van der Waals surface area contributed by atoms with Crippen molar-refractivity contribution in [1.82, 2.24) is 0 Å². The van der Waals surface area contributed by atoms with Gasteiger partial charge in [0.15, 0.2) is 0 Å². The van der Waals surface area contributed by atoms with E-state index < -0.39 is 42.3 Å². The van der Waals surface area contributed by atoms with Crippen LogP contribution in [0.4, 0.5) is 0 Å². The Hall–Kier alpha value is -5.92. The fourth-order valence-electron chi connectivity index (χ4n) is 6.41. The van der Waals surface area contributed by atoms with Crippen LogP contribution in [0.3, 0.4) is 0 Å². The van der Waals surface area contributed by atoms with Crippen molar-refractivity contribution in [2.24, 2.45) is 0 Å². The van der Waals surface area contributed by atoms with Crippen molar-refractivity contribution in [3.63, 3.8) is 0 Å². The van der Waals surface area contributed by atoms with E-state index >= 15 is 0 Å². The van der Waals surface area contributed by atoms with Gasteiger partial charge in [-0.15, -0.1) is 0 Å². The molecule has 0 amide bonds. The van der Waals surface area contributed by atoms with Crippen LogP contribution in [0.2, 0.25) is 0 Å². The molecular formula is C44H28O. The topological polar surface area (TPSA) is 13.1 Å². The summed E-state index contributed by atoms with van der Waals surface area (Å²) in [5, 5.41) is 5.23. The van der Waals surface area contributed by atoms with Crippen LogP contribution in [0.15, 0.2) is 174 Å². The smallest absolute Gasteiger partial charge is 0.135 e. The number of para-hydroxylation sites is 1. The van der Waals surface area contributed by atoms with Crippen LogP contribution in [-0.2, 0) is 0 Å². The summed E-state index contributed by atoms with van der Waals surface area (Å²) < 4.78 is 84.2. The van der Waals surface area contributed by atoms with E-state index in [9.17, 15) is 2.74 Å². The van der Waals surface area contributed by atoms with E-state index in [-0.39, 0.29) is 28.8 Å². The molecule has 1 aromatic heterocycles. The number of hydrogen-bond donors (Lipinski definition) is 0. The Morgan fingerprint density at radius 1 is 0.333 bits per heavy atom. The lowest BCUT2D eigenvalue weighted by molar-refractivity contribution is 0.669. The van der Waals surface area contributed by atoms with Crippen LogP contribution in [0.5, 0.6) is 0 Å². The molecule has 9 rings (SSSR count). The molecule has 1 heterocycles. The molecule has 0 atom stereocenters. The Kier molecular flexibility index (Phi) is 4.15. The Labute approximate surface area is 274 Å². The van der Waals surface area contributed by atoms with E-state index in [1.807, 2.05) is 78.9 Å². The minimum Gasteiger partial charge on any atom is -0.456 e. The first-order valence-corrected chi connectivity index (χ1v) is 14.7. The van der Waals surface area contributed by atoms with E-state index in [1.54, 1.807) is 0 Å². The van der Waals surface area contributed by atoms with Gasteiger partial charge in [0.2, 0.25) is 0 Å². The molecule has 0 bridgehead atoms. The highest BCUT2D eigenvalue weighted by Gasteiger charge is 2.17. The van der Waals surface area contributed by atoms with Crippen molar-refractivity contribution in [2.45, 2.75) is 0 Å². The quantitative estimate of drug-likeness (QED) is 0.188. The van der Waals surface area contributed by atoms with Crippen LogP contribution in [0, 0.1) is 0 Å². The number of furan rings is 1. The van der Waals surface area contributed by atoms with Crippen molar-refractivity contribution in [1.29, 1.82) is 0 Å². The maximum Gasteiger partial charge on any atom is 0.135 e. The maximum absolute atomic E-state index is 9.29. The Balaban J connectivity index is 1.29. The molecule has 0 spiro atoms. The van der Waals surface area contributed by atoms with Crippen LogP contribution in [0.25, 0.3) is 88.0 Å². The molecule has 0 aliphatic carbocycles. The molecule has 8 aromatic carbocycles. The first kappa shape index (κ1) is 18.0. The molecule has 0 aliphatic heterocycles. The second kappa shape index (κ2) is 10.4. The lowest BCUT2D eigenvalue weighted by atomic mass is 9.85. The predicted molar refractivity (Wildman–Crippen MR) is 190 cm³/mol. The number of benzene rings is 8. The van der Waals surface area contributed by atoms with Gasteiger partial charge in [-0.2, -0.15) is 0 Å². The standard InChI is InChI=1S/C44H28O/c1-2-11-29(12-3-1)30-21-23-31(24-22-30)43-36-16-4-6-18-38(36)44(39-19-7-5-17-37(39)43)34-14-10-13-32(27-34)33-25-26-42-40(28-33)35-15-8-9-20-41(35)45-42/h1-28H/i1D,2D,3D,11D,12D,21D,22D,23D,24D. The summed E-state index contributed by atoms with van der Waals surface area (Å²) in [5.74, 6) is 0. The highest BCUT2D eigenvalue weighted by atomic mass is 16.3. The van der Waals surface area contributed by atoms with Gasteiger partial charge in [-0.3, -0.25) is 0 Å². The zero-order chi connectivity index (χ0) is 37.6. The average Bonchev–Trinajstić information content (AvgIpc) is 3.57. The Morgan fingerprint density at radius 2 is 0.844 bits per heavy atom. The minimum atomic E-state index is -0.612. The third-order valence-corrected chi connectivity index (χ3v) is 8.42. The van der Waals surface area contributed by atoms with E-state index in [2.05, 4.69) is 36.4 Å². The fourth-order valence-corrected chi connectivity index (χ4v) is 6.41. The molecule has 0 fully saturated rings. The molecule has 0 unspecified atom stereocenters. The molecule has 1 nitrogen and oxygen atoms in total. The lowest BCUT2D eigenvalue weighted by Gasteiger charge is -2.18. The normalized spacial score (nSPS) is 14.4. The average molecular weight is 582 g/mol. The first-order valence-electron chi connectivity index (χ1n) is 19.2. The molecule has 210 valence electrons. The third-order valence-electron chi connectivity index (χ3n) is 8.42. The summed E-state index contributed by atoms with van der Waals surface area (Å²) in [4.78, 5) is 0. The van der Waals surface area contributed by atoms with Crippen LogP contribution in [-0.4, -0.2) is 0 Å². The molecule has 0 saturated heterocycles. The Morgan fingerprint density at radius 3 is 1.53 bits per heavy atom. The van der Waals surface area contributed by atoms with Gasteiger partial charge in [-0.05, 0) is 90.3 Å². The van der Waals surface area contributed by atoms with E-state index in [0.29, 0.717) is 5.56 Å². The van der Waals surface area contributed by atoms with Gasteiger partial charge in [0.25, 0.3) is 0 Å². The maximum atomic E-state index is 9.29. The van der Waals surface area contributed by atoms with Gasteiger partial charge in [0.05, 0.1) is 12.3 Å². The van der Waals surface area contributed by atoms with Gasteiger partial charge < -0.3 is 4.42 Å². The van der Waals surface area contributed by atoms with Gasteiger partial charge in [0, 0.05) is 10.8 Å². The molecule has 0 aliphatic rings. The molecule has 0 radical (unpaired) electrons. The summed E-state index contributed by atoms with van der Waals surface area (Å²) in [6, 6.07) is 33.2. The monoisotopic (exact) mass is 581 g/mol. The van der Waals surface area contributed by atoms with Crippen LogP contribution >= 0.6 is 0 Å². The van der Waals surface area contributed by atoms with Gasteiger partial charge in [-0.25, -0.2) is 0 Å². The number of hydrogen-bond acceptors (Lipinski definition) is 1. The summed E-state index contributed by atoms with van der Waals surface area (Å²) >= 11 is 0. The highest BCUT2D eigenvalue weighted by molar-refractivity contribution is 6.21. The fraction of sp³-hybridized carbons (Fsp3) is 0. The molecule has 0 N–H and O–H groups in total. The van der Waals surface area contributed by atoms with Crippen molar-refractivity contribution >= 4 is 43.5 Å². The number of rotatable bonds is 4. The van der Waals surface area contributed by atoms with E-state index in [4.69, 9.17) is 14.0 Å². The SMILES string of the molecule is [2H]c1c([2H])c([2H])c(-c2c([2H])c([2H])c(-c3c4ccccc4c(-c4cccc(-c5ccc6oc7ccccc7c6c5)c4)c4ccccc34)c([2H])c2[2H])c([2H])c1[2H]. The van der Waals surface area contributed by atoms with Gasteiger partial charge in [0.1, 0.15) is 11.2 Å². The summed E-state index contributed by atoms with van der Waals surface area (Å²) in [5.41, 5.74) is 5.48. The highest BCUT2D eigenvalue weighted by Crippen LogP contribution is 2.44. The van der Waals surface area contributed by atoms with Crippen LogP contribution in [0.1, 0.15) is 12.3 Å². The van der Waals surface area contributed by atoms with Crippen LogP contribution < -0.4 is 0 Å². The van der Waals surface area contributed by atoms with Gasteiger partial charge in [-0.1, -0.05) is 145 Å². The summed E-state index contributed by atoms with van der Waals surface area (Å²) in [7, 11) is 0. The predicted octanol–water partition coefficient (Wildman–Crippen LogP) is 12.6. The second-order valence-corrected chi connectivity index (χ2v) is 11.0. The van der Waals surface area contributed by atoms with Crippen molar-refractivity contribution in [3.8, 4) is 44.5 Å². The largest absolute Gasteiger partial charge is 0.456 e.